The quantitative estimate of drug-likeness (QED) is 0.0924. The minimum atomic E-state index is -0.935. The van der Waals surface area contributed by atoms with E-state index >= 15 is 0 Å². The Balaban J connectivity index is 1.81. The van der Waals surface area contributed by atoms with E-state index in [1.807, 2.05) is 65.8 Å². The molecule has 6 N–H and O–H groups in total. The highest BCUT2D eigenvalue weighted by Crippen LogP contribution is 2.46. The zero-order valence-electron chi connectivity index (χ0n) is 32.2. The molecule has 2 saturated heterocycles. The summed E-state index contributed by atoms with van der Waals surface area (Å²) in [5, 5.41) is 57.0. The topological polar surface area (TPSA) is 157 Å². The molecular formula is C41H69NO8. The zero-order chi connectivity index (χ0) is 37.8. The molecule has 14 atom stereocenters. The summed E-state index contributed by atoms with van der Waals surface area (Å²) in [5.74, 6) is -0.844. The molecule has 50 heavy (non-hydrogen) atoms. The molecule has 286 valence electrons. The Bertz CT molecular complexity index is 1180. The number of hydrogen-bond donors (Lipinski definition) is 6. The van der Waals surface area contributed by atoms with Crippen LogP contribution in [0.4, 0.5) is 0 Å². The second kappa shape index (κ2) is 20.8. The van der Waals surface area contributed by atoms with Crippen molar-refractivity contribution in [3.63, 3.8) is 0 Å². The van der Waals surface area contributed by atoms with E-state index in [2.05, 4.69) is 12.2 Å². The SMILES string of the molecule is CCC1CC(C)C2(NC1=O)OC(CC(O)C(C)CC/C=C/C=C(\C)C(O)C/C=C/C=C/[C@H](O)C(C)C(O)C(C)CCC(C)=O)C(C)C(O)C2C. The Kier molecular flexibility index (Phi) is 18.3. The van der Waals surface area contributed by atoms with E-state index < -0.39 is 36.2 Å². The first kappa shape index (κ1) is 44.0. The second-order valence-electron chi connectivity index (χ2n) is 15.6. The number of Topliss-reactive ketones (excluding diaryl/α,β-unsaturated/α-hetero) is 1. The summed E-state index contributed by atoms with van der Waals surface area (Å²) in [5.41, 5.74) is -0.117. The summed E-state index contributed by atoms with van der Waals surface area (Å²) in [6.45, 7) is 17.1. The van der Waals surface area contributed by atoms with Crippen molar-refractivity contribution in [2.45, 2.75) is 156 Å². The van der Waals surface area contributed by atoms with E-state index in [9.17, 15) is 35.1 Å². The highest BCUT2D eigenvalue weighted by molar-refractivity contribution is 5.80. The summed E-state index contributed by atoms with van der Waals surface area (Å²) >= 11 is 0. The number of allylic oxidation sites excluding steroid dienone is 5. The summed E-state index contributed by atoms with van der Waals surface area (Å²) in [7, 11) is 0. The largest absolute Gasteiger partial charge is 0.393 e. The lowest BCUT2D eigenvalue weighted by atomic mass is 9.69. The number of rotatable bonds is 19. The molecule has 0 aromatic heterocycles. The number of carbonyl (C=O) groups is 2. The fourth-order valence-corrected chi connectivity index (χ4v) is 7.44. The van der Waals surface area contributed by atoms with Crippen LogP contribution in [0.2, 0.25) is 0 Å². The summed E-state index contributed by atoms with van der Waals surface area (Å²) < 4.78 is 6.65. The maximum atomic E-state index is 12.9. The number of ketones is 1. The number of ether oxygens (including phenoxy) is 1. The highest BCUT2D eigenvalue weighted by Gasteiger charge is 2.57. The minimum Gasteiger partial charge on any atom is -0.393 e. The van der Waals surface area contributed by atoms with Gasteiger partial charge in [0, 0.05) is 42.4 Å². The monoisotopic (exact) mass is 704 g/mol. The average Bonchev–Trinajstić information content (AvgIpc) is 3.08. The molecule has 1 amide bonds. The van der Waals surface area contributed by atoms with Crippen molar-refractivity contribution < 1.29 is 39.9 Å². The van der Waals surface area contributed by atoms with Gasteiger partial charge in [-0.1, -0.05) is 91.0 Å². The van der Waals surface area contributed by atoms with Gasteiger partial charge in [0.25, 0.3) is 0 Å². The molecule has 2 aliphatic heterocycles. The molecule has 0 aromatic rings. The molecule has 0 aliphatic carbocycles. The predicted octanol–water partition coefficient (Wildman–Crippen LogP) is 5.79. The molecule has 2 fully saturated rings. The Labute approximate surface area is 302 Å². The highest BCUT2D eigenvalue weighted by atomic mass is 16.5. The van der Waals surface area contributed by atoms with Gasteiger partial charge in [0.2, 0.25) is 5.91 Å². The maximum absolute atomic E-state index is 12.9. The van der Waals surface area contributed by atoms with Crippen LogP contribution in [-0.2, 0) is 14.3 Å². The van der Waals surface area contributed by atoms with E-state index in [0.29, 0.717) is 32.1 Å². The molecule has 9 heteroatoms. The fraction of sp³-hybridized carbons (Fsp3) is 0.756. The third-order valence-corrected chi connectivity index (χ3v) is 11.7. The van der Waals surface area contributed by atoms with Gasteiger partial charge in [-0.3, -0.25) is 4.79 Å². The fourth-order valence-electron chi connectivity index (χ4n) is 7.44. The Hall–Kier alpha value is -2.14. The van der Waals surface area contributed by atoms with Gasteiger partial charge in [0.1, 0.15) is 11.5 Å². The van der Waals surface area contributed by atoms with E-state index in [1.54, 1.807) is 25.2 Å². The van der Waals surface area contributed by atoms with E-state index in [0.717, 1.165) is 24.8 Å². The van der Waals surface area contributed by atoms with Crippen molar-refractivity contribution in [2.75, 3.05) is 0 Å². The van der Waals surface area contributed by atoms with Crippen LogP contribution in [0.15, 0.2) is 48.1 Å². The number of hydrogen-bond acceptors (Lipinski definition) is 8. The van der Waals surface area contributed by atoms with Crippen LogP contribution < -0.4 is 5.32 Å². The Morgan fingerprint density at radius 1 is 1.00 bits per heavy atom. The first-order valence-corrected chi connectivity index (χ1v) is 19.0. The molecule has 13 unspecified atom stereocenters. The van der Waals surface area contributed by atoms with Crippen molar-refractivity contribution in [3.05, 3.63) is 48.1 Å². The lowest BCUT2D eigenvalue weighted by Crippen LogP contribution is -2.71. The van der Waals surface area contributed by atoms with Crippen molar-refractivity contribution >= 4 is 11.7 Å². The van der Waals surface area contributed by atoms with Gasteiger partial charge in [-0.25, -0.2) is 0 Å². The number of aliphatic hydroxyl groups is 5. The number of amides is 1. The maximum Gasteiger partial charge on any atom is 0.225 e. The number of aliphatic hydroxyl groups excluding tert-OH is 5. The Morgan fingerprint density at radius 3 is 2.32 bits per heavy atom. The number of nitrogens with one attached hydrogen (secondary N) is 1. The number of carbonyl (C=O) groups excluding carboxylic acids is 2. The molecule has 2 rings (SSSR count). The molecule has 0 aromatic carbocycles. The molecule has 0 saturated carbocycles. The molecular weight excluding hydrogens is 634 g/mol. The Morgan fingerprint density at radius 2 is 1.68 bits per heavy atom. The van der Waals surface area contributed by atoms with Gasteiger partial charge in [0.05, 0.1) is 36.6 Å². The van der Waals surface area contributed by atoms with Crippen molar-refractivity contribution in [2.24, 2.45) is 41.4 Å². The number of piperidine rings is 1. The molecule has 2 aliphatic rings. The van der Waals surface area contributed by atoms with Gasteiger partial charge in [0.15, 0.2) is 0 Å². The first-order valence-electron chi connectivity index (χ1n) is 19.0. The summed E-state index contributed by atoms with van der Waals surface area (Å²) in [4.78, 5) is 24.1. The van der Waals surface area contributed by atoms with Gasteiger partial charge in [-0.05, 0) is 69.8 Å². The first-order chi connectivity index (χ1) is 23.5. The van der Waals surface area contributed by atoms with Crippen LogP contribution in [0.3, 0.4) is 0 Å². The minimum absolute atomic E-state index is 0.000468. The van der Waals surface area contributed by atoms with E-state index in [-0.39, 0.29) is 59.2 Å². The lowest BCUT2D eigenvalue weighted by molar-refractivity contribution is -0.267. The van der Waals surface area contributed by atoms with Gasteiger partial charge < -0.3 is 40.4 Å². The van der Waals surface area contributed by atoms with Crippen LogP contribution in [0.1, 0.15) is 114 Å². The zero-order valence-corrected chi connectivity index (χ0v) is 32.2. The lowest BCUT2D eigenvalue weighted by Gasteiger charge is -2.56. The van der Waals surface area contributed by atoms with Gasteiger partial charge in [-0.2, -0.15) is 0 Å². The third kappa shape index (κ3) is 12.2. The van der Waals surface area contributed by atoms with Crippen molar-refractivity contribution in [1.82, 2.24) is 5.32 Å². The van der Waals surface area contributed by atoms with E-state index in [1.165, 1.54) is 6.92 Å². The summed E-state index contributed by atoms with van der Waals surface area (Å²) in [6, 6.07) is 0. The predicted molar refractivity (Wildman–Crippen MR) is 199 cm³/mol. The molecule has 2 heterocycles. The van der Waals surface area contributed by atoms with Crippen LogP contribution in [0.5, 0.6) is 0 Å². The normalized spacial score (nSPS) is 32.3. The van der Waals surface area contributed by atoms with Crippen molar-refractivity contribution in [1.29, 1.82) is 0 Å². The standard InChI is InChI=1S/C41H69NO8/c1-10-33-23-28(5)41(42-40(33)49)32(9)39(48)31(8)37(50-41)24-36(46)26(3)18-14-11-13-17-25(2)34(44)19-15-12-16-20-35(45)30(7)38(47)27(4)21-22-29(6)43/h11-13,15-17,20,26-28,30-39,44-48H,10,14,18-19,21-24H2,1-9H3,(H,42,49)/b13-11+,15-12+,20-16+,25-17+/t26?,27?,28?,30?,31?,32?,33?,34?,35-,36?,37?,38?,39?,41?/m0/s1. The van der Waals surface area contributed by atoms with Crippen LogP contribution >= 0.6 is 0 Å². The molecule has 0 radical (unpaired) electrons. The molecule has 9 nitrogen and oxygen atoms in total. The second-order valence-corrected chi connectivity index (χ2v) is 15.6. The van der Waals surface area contributed by atoms with E-state index in [4.69, 9.17) is 4.74 Å². The van der Waals surface area contributed by atoms with Crippen LogP contribution in [-0.4, -0.2) is 79.6 Å². The molecule has 0 bridgehead atoms. The smallest absolute Gasteiger partial charge is 0.225 e. The summed E-state index contributed by atoms with van der Waals surface area (Å²) in [6.07, 6.45) is 13.7. The molecule has 1 spiro atoms. The average molecular weight is 704 g/mol. The third-order valence-electron chi connectivity index (χ3n) is 11.7. The van der Waals surface area contributed by atoms with Gasteiger partial charge in [-0.15, -0.1) is 0 Å². The van der Waals surface area contributed by atoms with Crippen LogP contribution in [0, 0.1) is 41.4 Å². The van der Waals surface area contributed by atoms with Crippen LogP contribution in [0.25, 0.3) is 0 Å². The van der Waals surface area contributed by atoms with Gasteiger partial charge >= 0.3 is 0 Å². The van der Waals surface area contributed by atoms with Crippen molar-refractivity contribution in [3.8, 4) is 0 Å².